The Morgan fingerprint density at radius 1 is 1.38 bits per heavy atom. The van der Waals surface area contributed by atoms with Crippen LogP contribution in [0, 0.1) is 5.82 Å². The number of nitrogens with one attached hydrogen (secondary N) is 1. The van der Waals surface area contributed by atoms with Crippen LogP contribution in [0.4, 0.5) is 4.39 Å². The monoisotopic (exact) mass is 331 g/mol. The molecule has 1 N–H and O–H groups in total. The molecule has 2 rings (SSSR count). The number of hydrogen-bond donors (Lipinski definition) is 1. The Labute approximate surface area is 128 Å². The van der Waals surface area contributed by atoms with Crippen LogP contribution in [0.3, 0.4) is 0 Å². The van der Waals surface area contributed by atoms with Crippen LogP contribution in [0.15, 0.2) is 29.2 Å². The minimum absolute atomic E-state index is 0.0108. The van der Waals surface area contributed by atoms with Crippen molar-refractivity contribution in [1.82, 2.24) is 5.32 Å². The lowest BCUT2D eigenvalue weighted by atomic mass is 10.0. The molecule has 1 aliphatic rings. The molecule has 1 fully saturated rings. The lowest BCUT2D eigenvalue weighted by Crippen LogP contribution is -2.47. The molecule has 0 spiro atoms. The number of hydrogen-bond acceptors (Lipinski definition) is 4. The molecular formula is C14H18FNO3S2. The molecule has 1 aromatic rings. The second-order valence-corrected chi connectivity index (χ2v) is 8.86. The average molecular weight is 331 g/mol. The Balaban J connectivity index is 1.76. The average Bonchev–Trinajstić information content (AvgIpc) is 2.65. The lowest BCUT2D eigenvalue weighted by Gasteiger charge is -2.23. The molecule has 4 nitrogen and oxygen atoms in total. The summed E-state index contributed by atoms with van der Waals surface area (Å²) in [5, 5.41) is 2.81. The molecule has 0 bridgehead atoms. The van der Waals surface area contributed by atoms with Gasteiger partial charge >= 0.3 is 0 Å². The highest BCUT2D eigenvalue weighted by molar-refractivity contribution is 7.99. The van der Waals surface area contributed by atoms with E-state index >= 15 is 0 Å². The second-order valence-electron chi connectivity index (χ2n) is 5.50. The highest BCUT2D eigenvalue weighted by Crippen LogP contribution is 2.23. The maximum absolute atomic E-state index is 12.7. The minimum atomic E-state index is -3.02. The molecule has 1 heterocycles. The Hall–Kier alpha value is -1.08. The Kier molecular flexibility index (Phi) is 4.93. The van der Waals surface area contributed by atoms with Gasteiger partial charge < -0.3 is 5.32 Å². The SMILES string of the molecule is C[C@]1(NC(=O)CCSc2ccc(F)cc2)CCS(=O)(=O)C1. The predicted octanol–water partition coefficient (Wildman–Crippen LogP) is 2.00. The van der Waals surface area contributed by atoms with Gasteiger partial charge in [0.2, 0.25) is 5.91 Å². The van der Waals surface area contributed by atoms with Crippen molar-refractivity contribution in [3.05, 3.63) is 30.1 Å². The Morgan fingerprint density at radius 3 is 2.62 bits per heavy atom. The van der Waals surface area contributed by atoms with Crippen molar-refractivity contribution in [2.75, 3.05) is 17.3 Å². The normalized spacial score (nSPS) is 23.9. The molecule has 7 heteroatoms. The van der Waals surface area contributed by atoms with Crippen molar-refractivity contribution in [3.8, 4) is 0 Å². The van der Waals surface area contributed by atoms with Crippen molar-refractivity contribution in [3.63, 3.8) is 0 Å². The van der Waals surface area contributed by atoms with Gasteiger partial charge in [-0.1, -0.05) is 0 Å². The van der Waals surface area contributed by atoms with Gasteiger partial charge in [-0.3, -0.25) is 4.79 Å². The van der Waals surface area contributed by atoms with Crippen LogP contribution in [0.1, 0.15) is 19.8 Å². The number of carbonyl (C=O) groups excluding carboxylic acids is 1. The van der Waals surface area contributed by atoms with E-state index < -0.39 is 15.4 Å². The lowest BCUT2D eigenvalue weighted by molar-refractivity contribution is -0.122. The van der Waals surface area contributed by atoms with Crippen LogP contribution in [0.25, 0.3) is 0 Å². The van der Waals surface area contributed by atoms with Gasteiger partial charge in [-0.25, -0.2) is 12.8 Å². The van der Waals surface area contributed by atoms with Crippen molar-refractivity contribution in [1.29, 1.82) is 0 Å². The molecule has 1 amide bonds. The summed E-state index contributed by atoms with van der Waals surface area (Å²) in [5.74, 6) is 0.280. The number of thioether (sulfide) groups is 1. The zero-order valence-electron chi connectivity index (χ0n) is 11.8. The zero-order valence-corrected chi connectivity index (χ0v) is 13.4. The first kappa shape index (κ1) is 16.3. The molecule has 0 aromatic heterocycles. The standard InChI is InChI=1S/C14H18FNO3S2/c1-14(7-9-21(18,19)10-14)16-13(17)6-8-20-12-4-2-11(15)3-5-12/h2-5H,6-10H2,1H3,(H,16,17)/t14-/m0/s1. The third kappa shape index (κ3) is 5.00. The van der Waals surface area contributed by atoms with Gasteiger partial charge in [-0.2, -0.15) is 0 Å². The van der Waals surface area contributed by atoms with E-state index in [1.165, 1.54) is 23.9 Å². The van der Waals surface area contributed by atoms with E-state index in [2.05, 4.69) is 5.32 Å². The number of halogens is 1. The summed E-state index contributed by atoms with van der Waals surface area (Å²) < 4.78 is 35.7. The van der Waals surface area contributed by atoms with E-state index in [1.54, 1.807) is 19.1 Å². The van der Waals surface area contributed by atoms with E-state index in [-0.39, 0.29) is 23.2 Å². The number of benzene rings is 1. The van der Waals surface area contributed by atoms with Crippen LogP contribution >= 0.6 is 11.8 Å². The quantitative estimate of drug-likeness (QED) is 0.838. The fourth-order valence-electron chi connectivity index (χ4n) is 2.30. The second kappa shape index (κ2) is 6.36. The highest BCUT2D eigenvalue weighted by Gasteiger charge is 2.39. The molecule has 0 saturated carbocycles. The van der Waals surface area contributed by atoms with Crippen molar-refractivity contribution >= 4 is 27.5 Å². The first-order chi connectivity index (χ1) is 9.78. The first-order valence-electron chi connectivity index (χ1n) is 6.68. The Bertz CT molecular complexity index is 616. The molecule has 0 radical (unpaired) electrons. The third-order valence-corrected chi connectivity index (χ3v) is 6.27. The van der Waals surface area contributed by atoms with Crippen LogP contribution in [0.2, 0.25) is 0 Å². The van der Waals surface area contributed by atoms with Gasteiger partial charge in [0.1, 0.15) is 5.82 Å². The van der Waals surface area contributed by atoms with Crippen molar-refractivity contribution < 1.29 is 17.6 Å². The summed E-state index contributed by atoms with van der Waals surface area (Å²) in [4.78, 5) is 12.8. The number of rotatable bonds is 5. The van der Waals surface area contributed by atoms with Crippen molar-refractivity contribution in [2.24, 2.45) is 0 Å². The van der Waals surface area contributed by atoms with E-state index in [9.17, 15) is 17.6 Å². The van der Waals surface area contributed by atoms with E-state index in [1.807, 2.05) is 0 Å². The number of amides is 1. The van der Waals surface area contributed by atoms with Gasteiger partial charge in [0.15, 0.2) is 9.84 Å². The molecule has 0 unspecified atom stereocenters. The number of carbonyl (C=O) groups is 1. The summed E-state index contributed by atoms with van der Waals surface area (Å²) in [5.41, 5.74) is -0.642. The van der Waals surface area contributed by atoms with Crippen LogP contribution < -0.4 is 5.32 Å². The smallest absolute Gasteiger partial charge is 0.221 e. The fourth-order valence-corrected chi connectivity index (χ4v) is 5.25. The topological polar surface area (TPSA) is 63.2 Å². The van der Waals surface area contributed by atoms with Crippen molar-refractivity contribution in [2.45, 2.75) is 30.2 Å². The van der Waals surface area contributed by atoms with Gasteiger partial charge in [-0.15, -0.1) is 11.8 Å². The molecule has 116 valence electrons. The first-order valence-corrected chi connectivity index (χ1v) is 9.49. The van der Waals surface area contributed by atoms with Crippen LogP contribution in [-0.2, 0) is 14.6 Å². The molecule has 21 heavy (non-hydrogen) atoms. The minimum Gasteiger partial charge on any atom is -0.350 e. The predicted molar refractivity (Wildman–Crippen MR) is 81.6 cm³/mol. The van der Waals surface area contributed by atoms with Crippen LogP contribution in [-0.4, -0.2) is 37.1 Å². The maximum Gasteiger partial charge on any atom is 0.221 e. The van der Waals surface area contributed by atoms with Gasteiger partial charge in [0.25, 0.3) is 0 Å². The molecule has 0 aliphatic carbocycles. The van der Waals surface area contributed by atoms with Gasteiger partial charge in [0.05, 0.1) is 17.0 Å². The van der Waals surface area contributed by atoms with Crippen LogP contribution in [0.5, 0.6) is 0 Å². The van der Waals surface area contributed by atoms with Gasteiger partial charge in [0, 0.05) is 17.1 Å². The van der Waals surface area contributed by atoms with E-state index in [0.29, 0.717) is 18.6 Å². The molecule has 1 atom stereocenters. The summed E-state index contributed by atoms with van der Waals surface area (Å²) in [6, 6.07) is 6.10. The summed E-state index contributed by atoms with van der Waals surface area (Å²) >= 11 is 1.47. The Morgan fingerprint density at radius 2 is 2.05 bits per heavy atom. The summed E-state index contributed by atoms with van der Waals surface area (Å²) in [6.07, 6.45) is 0.768. The molecule has 1 saturated heterocycles. The van der Waals surface area contributed by atoms with E-state index in [0.717, 1.165) is 4.90 Å². The molecular weight excluding hydrogens is 313 g/mol. The molecule has 1 aromatic carbocycles. The van der Waals surface area contributed by atoms with E-state index in [4.69, 9.17) is 0 Å². The zero-order chi connectivity index (χ0) is 15.5. The number of sulfone groups is 1. The largest absolute Gasteiger partial charge is 0.350 e. The van der Waals surface area contributed by atoms with Gasteiger partial charge in [-0.05, 0) is 37.6 Å². The fraction of sp³-hybridized carbons (Fsp3) is 0.500. The summed E-state index contributed by atoms with van der Waals surface area (Å²) in [7, 11) is -3.02. The summed E-state index contributed by atoms with van der Waals surface area (Å²) in [6.45, 7) is 1.77. The highest BCUT2D eigenvalue weighted by atomic mass is 32.2. The molecule has 1 aliphatic heterocycles. The third-order valence-electron chi connectivity index (χ3n) is 3.36. The maximum atomic E-state index is 12.7.